The summed E-state index contributed by atoms with van der Waals surface area (Å²) < 4.78 is 0. The van der Waals surface area contributed by atoms with Gasteiger partial charge in [0.1, 0.15) is 0 Å². The highest BCUT2D eigenvalue weighted by atomic mass is 15.2. The molecule has 2 aliphatic rings. The average molecular weight is 230 g/mol. The fourth-order valence-corrected chi connectivity index (χ4v) is 3.32. The third-order valence-corrected chi connectivity index (χ3v) is 4.48. The lowest BCUT2D eigenvalue weighted by molar-refractivity contribution is 0.178. The number of fused-ring (bicyclic) bond motifs is 1. The van der Waals surface area contributed by atoms with Crippen LogP contribution in [0.15, 0.2) is 24.3 Å². The van der Waals surface area contributed by atoms with Gasteiger partial charge in [0.05, 0.1) is 0 Å². The molecule has 2 heteroatoms. The third-order valence-electron chi connectivity index (χ3n) is 4.48. The molecule has 0 amide bonds. The van der Waals surface area contributed by atoms with E-state index in [1.807, 2.05) is 0 Å². The zero-order valence-electron chi connectivity index (χ0n) is 10.7. The lowest BCUT2D eigenvalue weighted by atomic mass is 9.97. The fourth-order valence-electron chi connectivity index (χ4n) is 3.32. The Morgan fingerprint density at radius 1 is 1.12 bits per heavy atom. The van der Waals surface area contributed by atoms with Gasteiger partial charge in [-0.2, -0.15) is 0 Å². The lowest BCUT2D eigenvalue weighted by Gasteiger charge is -2.36. The molecule has 1 atom stereocenters. The number of nitrogens with zero attached hydrogens (tertiary/aromatic N) is 1. The Morgan fingerprint density at radius 2 is 1.88 bits per heavy atom. The van der Waals surface area contributed by atoms with E-state index in [9.17, 15) is 0 Å². The number of nitrogens with one attached hydrogen (secondary N) is 1. The monoisotopic (exact) mass is 230 g/mol. The molecule has 2 nitrogen and oxygen atoms in total. The number of para-hydroxylation sites is 1. The molecule has 1 heterocycles. The summed E-state index contributed by atoms with van der Waals surface area (Å²) in [4.78, 5) is 2.62. The average Bonchev–Trinajstić information content (AvgIpc) is 2.91. The smallest absolute Gasteiger partial charge is 0.0373 e. The topological polar surface area (TPSA) is 15.3 Å². The van der Waals surface area contributed by atoms with E-state index in [0.29, 0.717) is 6.04 Å². The van der Waals surface area contributed by atoms with Crippen molar-refractivity contribution in [1.29, 1.82) is 0 Å². The van der Waals surface area contributed by atoms with Crippen LogP contribution >= 0.6 is 0 Å². The standard InChI is InChI=1S/C15H22N2/c1-17(13-7-3-4-8-13)14-10-12-6-2-5-9-15(12)16-11-14/h2,5-6,9,13-14,16H,3-4,7-8,10-11H2,1H3. The second kappa shape index (κ2) is 4.69. The van der Waals surface area contributed by atoms with Crippen LogP contribution in [0.1, 0.15) is 31.2 Å². The molecule has 1 fully saturated rings. The Kier molecular flexibility index (Phi) is 3.06. The minimum Gasteiger partial charge on any atom is -0.383 e. The van der Waals surface area contributed by atoms with E-state index >= 15 is 0 Å². The summed E-state index contributed by atoms with van der Waals surface area (Å²) in [5, 5.41) is 3.58. The molecule has 17 heavy (non-hydrogen) atoms. The second-order valence-corrected chi connectivity index (χ2v) is 5.50. The first-order valence-corrected chi connectivity index (χ1v) is 6.88. The molecular formula is C15H22N2. The van der Waals surface area contributed by atoms with Crippen molar-refractivity contribution in [2.45, 2.75) is 44.2 Å². The first kappa shape index (κ1) is 11.1. The van der Waals surface area contributed by atoms with Gasteiger partial charge < -0.3 is 5.32 Å². The molecular weight excluding hydrogens is 208 g/mol. The maximum atomic E-state index is 3.58. The number of hydrogen-bond acceptors (Lipinski definition) is 2. The summed E-state index contributed by atoms with van der Waals surface area (Å²) in [6.07, 6.45) is 6.84. The predicted molar refractivity (Wildman–Crippen MR) is 72.4 cm³/mol. The normalized spacial score (nSPS) is 24.7. The van der Waals surface area contributed by atoms with E-state index in [2.05, 4.69) is 41.5 Å². The summed E-state index contributed by atoms with van der Waals surface area (Å²) in [6.45, 7) is 1.10. The Balaban J connectivity index is 1.70. The molecule has 0 aromatic heterocycles. The van der Waals surface area contributed by atoms with E-state index in [1.54, 1.807) is 0 Å². The highest BCUT2D eigenvalue weighted by molar-refractivity contribution is 5.53. The van der Waals surface area contributed by atoms with Crippen molar-refractivity contribution in [1.82, 2.24) is 4.90 Å². The minimum atomic E-state index is 0.674. The first-order chi connectivity index (χ1) is 8.34. The number of rotatable bonds is 2. The third kappa shape index (κ3) is 2.19. The van der Waals surface area contributed by atoms with Crippen LogP contribution in [0.5, 0.6) is 0 Å². The number of likely N-dealkylation sites (N-methyl/N-ethyl adjacent to an activating group) is 1. The molecule has 1 aromatic rings. The van der Waals surface area contributed by atoms with Crippen LogP contribution in [-0.2, 0) is 6.42 Å². The van der Waals surface area contributed by atoms with Crippen LogP contribution < -0.4 is 5.32 Å². The van der Waals surface area contributed by atoms with Gasteiger partial charge in [-0.1, -0.05) is 31.0 Å². The van der Waals surface area contributed by atoms with Gasteiger partial charge in [0.2, 0.25) is 0 Å². The molecule has 3 rings (SSSR count). The van der Waals surface area contributed by atoms with E-state index in [4.69, 9.17) is 0 Å². The Hall–Kier alpha value is -1.02. The maximum Gasteiger partial charge on any atom is 0.0373 e. The van der Waals surface area contributed by atoms with Gasteiger partial charge in [0, 0.05) is 24.3 Å². The largest absolute Gasteiger partial charge is 0.383 e. The van der Waals surface area contributed by atoms with Gasteiger partial charge >= 0.3 is 0 Å². The SMILES string of the molecule is CN(C1CCCC1)C1CNc2ccccc2C1. The predicted octanol–water partition coefficient (Wildman–Crippen LogP) is 2.90. The summed E-state index contributed by atoms with van der Waals surface area (Å²) in [5.74, 6) is 0. The Labute approximate surface area is 104 Å². The summed E-state index contributed by atoms with van der Waals surface area (Å²) in [5.41, 5.74) is 2.82. The van der Waals surface area contributed by atoms with Crippen molar-refractivity contribution < 1.29 is 0 Å². The number of benzene rings is 1. The Bertz CT molecular complexity index is 382. The van der Waals surface area contributed by atoms with Crippen LogP contribution in [0.3, 0.4) is 0 Å². The van der Waals surface area contributed by atoms with Crippen LogP contribution in [0.2, 0.25) is 0 Å². The summed E-state index contributed by atoms with van der Waals surface area (Å²) in [6, 6.07) is 10.2. The quantitative estimate of drug-likeness (QED) is 0.840. The molecule has 1 unspecified atom stereocenters. The molecule has 1 saturated carbocycles. The van der Waals surface area contributed by atoms with Crippen molar-refractivity contribution in [3.63, 3.8) is 0 Å². The minimum absolute atomic E-state index is 0.674. The van der Waals surface area contributed by atoms with Crippen molar-refractivity contribution in [3.05, 3.63) is 29.8 Å². The maximum absolute atomic E-state index is 3.58. The molecule has 1 N–H and O–H groups in total. The zero-order valence-corrected chi connectivity index (χ0v) is 10.7. The molecule has 0 saturated heterocycles. The number of anilines is 1. The van der Waals surface area contributed by atoms with E-state index < -0.39 is 0 Å². The molecule has 1 aliphatic heterocycles. The first-order valence-electron chi connectivity index (χ1n) is 6.88. The van der Waals surface area contributed by atoms with Gasteiger partial charge in [-0.15, -0.1) is 0 Å². The Morgan fingerprint density at radius 3 is 2.71 bits per heavy atom. The summed E-state index contributed by atoms with van der Waals surface area (Å²) in [7, 11) is 2.32. The fraction of sp³-hybridized carbons (Fsp3) is 0.600. The van der Waals surface area contributed by atoms with Crippen molar-refractivity contribution in [3.8, 4) is 0 Å². The van der Waals surface area contributed by atoms with Crippen LogP contribution in [0.25, 0.3) is 0 Å². The van der Waals surface area contributed by atoms with E-state index in [0.717, 1.165) is 12.6 Å². The van der Waals surface area contributed by atoms with Crippen LogP contribution in [-0.4, -0.2) is 30.6 Å². The van der Waals surface area contributed by atoms with Crippen molar-refractivity contribution in [2.24, 2.45) is 0 Å². The van der Waals surface area contributed by atoms with Crippen LogP contribution in [0, 0.1) is 0 Å². The van der Waals surface area contributed by atoms with Gasteiger partial charge in [0.25, 0.3) is 0 Å². The molecule has 92 valence electrons. The highest BCUT2D eigenvalue weighted by Gasteiger charge is 2.28. The van der Waals surface area contributed by atoms with E-state index in [1.165, 1.54) is 43.4 Å². The van der Waals surface area contributed by atoms with Gasteiger partial charge in [-0.3, -0.25) is 4.90 Å². The van der Waals surface area contributed by atoms with Crippen LogP contribution in [0.4, 0.5) is 5.69 Å². The molecule has 1 aliphatic carbocycles. The van der Waals surface area contributed by atoms with Gasteiger partial charge in [-0.25, -0.2) is 0 Å². The zero-order chi connectivity index (χ0) is 11.7. The molecule has 1 aromatic carbocycles. The summed E-state index contributed by atoms with van der Waals surface area (Å²) >= 11 is 0. The molecule has 0 spiro atoms. The highest BCUT2D eigenvalue weighted by Crippen LogP contribution is 2.28. The van der Waals surface area contributed by atoms with Gasteiger partial charge in [-0.05, 0) is 37.9 Å². The van der Waals surface area contributed by atoms with E-state index in [-0.39, 0.29) is 0 Å². The second-order valence-electron chi connectivity index (χ2n) is 5.50. The van der Waals surface area contributed by atoms with Gasteiger partial charge in [0.15, 0.2) is 0 Å². The molecule has 0 bridgehead atoms. The number of hydrogen-bond donors (Lipinski definition) is 1. The lowest BCUT2D eigenvalue weighted by Crippen LogP contribution is -2.46. The van der Waals surface area contributed by atoms with Crippen molar-refractivity contribution in [2.75, 3.05) is 18.9 Å². The van der Waals surface area contributed by atoms with Crippen molar-refractivity contribution >= 4 is 5.69 Å². The molecule has 0 radical (unpaired) electrons.